The van der Waals surface area contributed by atoms with E-state index >= 15 is 0 Å². The molecule has 1 N–H and O–H groups in total. The molecule has 7 heteroatoms. The summed E-state index contributed by atoms with van der Waals surface area (Å²) < 4.78 is 56.5. The molecule has 0 aromatic rings. The van der Waals surface area contributed by atoms with Gasteiger partial charge < -0.3 is 5.32 Å². The second-order valence-electron chi connectivity index (χ2n) is 1.25. The number of urea groups is 1. The Balaban J connectivity index is 5.33. The zero-order valence-electron chi connectivity index (χ0n) is 13.5. The van der Waals surface area contributed by atoms with E-state index in [2.05, 4.69) is 0 Å². The van der Waals surface area contributed by atoms with Crippen molar-refractivity contribution in [3.8, 4) is 0 Å². The number of carbonyl (C=O) groups excluding carboxylic acids is 1. The number of nitrogens with zero attached hydrogens (tertiary/aromatic N) is 2. The molecular formula is C5H9Cl2N3O2. The minimum absolute atomic E-state index is 0.625. The fourth-order valence-electron chi connectivity index (χ4n) is 0.278. The van der Waals surface area contributed by atoms with E-state index in [-0.39, 0.29) is 0 Å². The highest BCUT2D eigenvalue weighted by Gasteiger charge is 2.11. The second kappa shape index (κ2) is 7.12. The molecule has 70 valence electrons. The molecule has 0 aliphatic carbocycles. The molecule has 0 aromatic carbocycles. The number of amides is 2. The number of halogens is 2. The van der Waals surface area contributed by atoms with Crippen LogP contribution >= 0.6 is 23.2 Å². The minimum Gasteiger partial charge on any atom is -0.335 e. The van der Waals surface area contributed by atoms with Gasteiger partial charge in [0.15, 0.2) is 0 Å². The molecule has 0 saturated carbocycles. The van der Waals surface area contributed by atoms with Crippen molar-refractivity contribution in [1.29, 1.82) is 0 Å². The molecule has 0 aliphatic heterocycles. The van der Waals surface area contributed by atoms with Gasteiger partial charge in [-0.1, -0.05) is 0 Å². The molecule has 5 nitrogen and oxygen atoms in total. The number of nitroso groups, excluding NO2 is 1. The van der Waals surface area contributed by atoms with E-state index in [9.17, 15) is 9.70 Å². The summed E-state index contributed by atoms with van der Waals surface area (Å²) in [6.07, 6.45) is 0. The predicted molar refractivity (Wildman–Crippen MR) is 47.3 cm³/mol. The lowest BCUT2D eigenvalue weighted by Crippen LogP contribution is -2.38. The average Bonchev–Trinajstić information content (AvgIpc) is 2.12. The van der Waals surface area contributed by atoms with Crippen molar-refractivity contribution in [2.75, 3.05) is 24.7 Å². The first-order valence-electron chi connectivity index (χ1n) is 6.41. The van der Waals surface area contributed by atoms with Gasteiger partial charge in [0.1, 0.15) is 0 Å². The Kier molecular flexibility index (Phi) is 2.18. The Morgan fingerprint density at radius 2 is 2.25 bits per heavy atom. The molecule has 0 spiro atoms. The predicted octanol–water partition coefficient (Wildman–Crippen LogP) is 1.16. The van der Waals surface area contributed by atoms with Gasteiger partial charge in [-0.2, -0.15) is 5.01 Å². The molecule has 0 aliphatic rings. The first-order valence-corrected chi connectivity index (χ1v) is 3.17. The maximum absolute atomic E-state index is 11.5. The first kappa shape index (κ1) is 3.67. The van der Waals surface area contributed by atoms with Gasteiger partial charge in [-0.25, -0.2) is 4.79 Å². The van der Waals surface area contributed by atoms with Gasteiger partial charge >= 0.3 is 6.03 Å². The van der Waals surface area contributed by atoms with Crippen molar-refractivity contribution in [1.82, 2.24) is 10.3 Å². The average molecular weight is 222 g/mol. The van der Waals surface area contributed by atoms with Crippen LogP contribution in [0.2, 0.25) is 0 Å². The summed E-state index contributed by atoms with van der Waals surface area (Å²) in [5, 5.41) is 2.59. The normalized spacial score (nSPS) is 23.8. The van der Waals surface area contributed by atoms with Crippen molar-refractivity contribution < 1.29 is 15.8 Å². The molecule has 0 heterocycles. The Bertz CT molecular complexity index is 395. The van der Waals surface area contributed by atoms with E-state index in [1.807, 2.05) is 5.29 Å². The SMILES string of the molecule is [2H]C([2H])(Cl)C([2H])([2H])NC(=O)N(N=O)C([2H])([2H])C([2H])([2H])Cl. The van der Waals surface area contributed by atoms with E-state index in [1.54, 1.807) is 0 Å². The van der Waals surface area contributed by atoms with Crippen LogP contribution in [0.25, 0.3) is 0 Å². The minimum atomic E-state index is -3.42. The summed E-state index contributed by atoms with van der Waals surface area (Å²) >= 11 is 10.1. The smallest absolute Gasteiger partial charge is 0.335 e. The van der Waals surface area contributed by atoms with Crippen molar-refractivity contribution in [2.45, 2.75) is 0 Å². The molecule has 0 aromatic heterocycles. The van der Waals surface area contributed by atoms with Crippen molar-refractivity contribution in [3.05, 3.63) is 4.91 Å². The fourth-order valence-corrected chi connectivity index (χ4v) is 0.406. The van der Waals surface area contributed by atoms with E-state index in [0.29, 0.717) is 0 Å². The van der Waals surface area contributed by atoms with E-state index in [4.69, 9.17) is 34.2 Å². The van der Waals surface area contributed by atoms with Gasteiger partial charge in [-0.05, 0) is 0 Å². The zero-order valence-corrected chi connectivity index (χ0v) is 6.98. The van der Waals surface area contributed by atoms with E-state index < -0.39 is 35.7 Å². The van der Waals surface area contributed by atoms with Crippen LogP contribution in [0.4, 0.5) is 4.79 Å². The number of hydrogen-bond donors (Lipinski definition) is 1. The van der Waals surface area contributed by atoms with Crippen LogP contribution in [0.5, 0.6) is 0 Å². The molecule has 0 bridgehead atoms. The van der Waals surface area contributed by atoms with Crippen molar-refractivity contribution >= 4 is 29.2 Å². The zero-order chi connectivity index (χ0) is 16.6. The molecular weight excluding hydrogens is 205 g/mol. The third-order valence-corrected chi connectivity index (χ3v) is 0.818. The topological polar surface area (TPSA) is 61.8 Å². The molecule has 12 heavy (non-hydrogen) atoms. The summed E-state index contributed by atoms with van der Waals surface area (Å²) in [5.74, 6) is -6.30. The molecule has 0 saturated heterocycles. The van der Waals surface area contributed by atoms with Crippen LogP contribution < -0.4 is 5.32 Å². The van der Waals surface area contributed by atoms with Crippen LogP contribution in [0.15, 0.2) is 5.29 Å². The first-order chi connectivity index (χ1) is 8.58. The van der Waals surface area contributed by atoms with Gasteiger partial charge in [0.25, 0.3) is 0 Å². The number of carbonyl (C=O) groups is 1. The van der Waals surface area contributed by atoms with Gasteiger partial charge in [0, 0.05) is 23.6 Å². The van der Waals surface area contributed by atoms with Crippen molar-refractivity contribution in [3.63, 3.8) is 0 Å². The Hall–Kier alpha value is -0.550. The molecule has 2 amide bonds. The molecule has 0 radical (unpaired) electrons. The summed E-state index contributed by atoms with van der Waals surface area (Å²) in [5.41, 5.74) is 0. The fraction of sp³-hybridized carbons (Fsp3) is 0.800. The number of nitrogens with one attached hydrogen (secondary N) is 1. The maximum Gasteiger partial charge on any atom is 0.340 e. The lowest BCUT2D eigenvalue weighted by atomic mass is 10.6. The third-order valence-electron chi connectivity index (χ3n) is 0.639. The molecule has 0 unspecified atom stereocenters. The molecule has 0 rings (SSSR count). The summed E-state index contributed by atoms with van der Waals surface area (Å²) in [6.45, 7) is -6.61. The monoisotopic (exact) mass is 221 g/mol. The van der Waals surface area contributed by atoms with Crippen molar-refractivity contribution in [2.24, 2.45) is 5.29 Å². The highest BCUT2D eigenvalue weighted by molar-refractivity contribution is 6.18. The quantitative estimate of drug-likeness (QED) is 0.431. The maximum atomic E-state index is 11.5. The lowest BCUT2D eigenvalue weighted by molar-refractivity contribution is 0.203. The molecule has 0 atom stereocenters. The Morgan fingerprint density at radius 3 is 2.67 bits per heavy atom. The second-order valence-corrected chi connectivity index (χ2v) is 1.63. The Morgan fingerprint density at radius 1 is 1.58 bits per heavy atom. The number of rotatable bonds is 5. The van der Waals surface area contributed by atoms with Crippen LogP contribution in [-0.4, -0.2) is 35.7 Å². The number of hydrogen-bond acceptors (Lipinski definition) is 3. The summed E-state index contributed by atoms with van der Waals surface area (Å²) in [4.78, 5) is 22.0. The summed E-state index contributed by atoms with van der Waals surface area (Å²) in [6, 6.07) is -1.86. The summed E-state index contributed by atoms with van der Waals surface area (Å²) in [7, 11) is 0. The van der Waals surface area contributed by atoms with Gasteiger partial charge in [-0.3, -0.25) is 0 Å². The highest BCUT2D eigenvalue weighted by Crippen LogP contribution is 1.91. The van der Waals surface area contributed by atoms with Gasteiger partial charge in [0.2, 0.25) is 0 Å². The van der Waals surface area contributed by atoms with Crippen LogP contribution in [0.3, 0.4) is 0 Å². The van der Waals surface area contributed by atoms with Crippen LogP contribution in [0.1, 0.15) is 11.0 Å². The Labute approximate surface area is 91.2 Å². The molecule has 0 fully saturated rings. The van der Waals surface area contributed by atoms with Crippen LogP contribution in [0, 0.1) is 4.91 Å². The standard InChI is InChI=1S/C5H9Cl2N3O2/c6-1-3-8-5(11)10(9-12)4-2-7/h1-4H2,(H,8,11)/i1D2,2D2,3D2,4D2. The lowest BCUT2D eigenvalue weighted by Gasteiger charge is -2.11. The number of alkyl halides is 2. The van der Waals surface area contributed by atoms with E-state index in [1.165, 1.54) is 5.32 Å². The highest BCUT2D eigenvalue weighted by atomic mass is 35.5. The van der Waals surface area contributed by atoms with Gasteiger partial charge in [-0.15, -0.1) is 28.1 Å². The largest absolute Gasteiger partial charge is 0.340 e. The third kappa shape index (κ3) is 4.35. The van der Waals surface area contributed by atoms with Gasteiger partial charge in [0.05, 0.1) is 17.3 Å². The van der Waals surface area contributed by atoms with Crippen LogP contribution in [-0.2, 0) is 0 Å². The van der Waals surface area contributed by atoms with E-state index in [0.717, 1.165) is 0 Å².